The molecule has 2 bridgehead atoms. The molecule has 0 amide bonds. The van der Waals surface area contributed by atoms with Crippen LogP contribution in [0, 0.1) is 0 Å². The standard InChI is InChI=1S/C23H29N3S/c1-2-17-8-10-19(11-9-17)24-23(27)25-20-14-21-12-13-22(15-20)26(21)16-18-6-4-3-5-7-18/h3-11,20-22H,2,12-16H2,1H3,(H2,24,25,27). The predicted octanol–water partition coefficient (Wildman–Crippen LogP) is 4.73. The molecule has 0 aromatic heterocycles. The van der Waals surface area contributed by atoms with E-state index in [2.05, 4.69) is 77.1 Å². The lowest BCUT2D eigenvalue weighted by atomic mass is 9.96. The van der Waals surface area contributed by atoms with Crippen LogP contribution in [0.5, 0.6) is 0 Å². The lowest BCUT2D eigenvalue weighted by Gasteiger charge is -2.39. The van der Waals surface area contributed by atoms with Gasteiger partial charge in [0.15, 0.2) is 5.11 Å². The smallest absolute Gasteiger partial charge is 0.170 e. The first-order chi connectivity index (χ1) is 13.2. The van der Waals surface area contributed by atoms with Gasteiger partial charge in [-0.25, -0.2) is 0 Å². The molecule has 3 nitrogen and oxygen atoms in total. The van der Waals surface area contributed by atoms with Gasteiger partial charge in [0, 0.05) is 30.4 Å². The summed E-state index contributed by atoms with van der Waals surface area (Å²) in [6, 6.07) is 21.2. The summed E-state index contributed by atoms with van der Waals surface area (Å²) in [6.07, 6.45) is 6.05. The number of benzene rings is 2. The molecule has 2 unspecified atom stereocenters. The summed E-state index contributed by atoms with van der Waals surface area (Å²) in [7, 11) is 0. The molecule has 2 aromatic rings. The third-order valence-electron chi connectivity index (χ3n) is 6.05. The Labute approximate surface area is 168 Å². The van der Waals surface area contributed by atoms with E-state index in [1.807, 2.05) is 0 Å². The quantitative estimate of drug-likeness (QED) is 0.735. The number of hydrogen-bond donors (Lipinski definition) is 2. The Hall–Kier alpha value is -1.91. The third kappa shape index (κ3) is 4.50. The number of aryl methyl sites for hydroxylation is 1. The molecule has 2 fully saturated rings. The number of rotatable bonds is 5. The van der Waals surface area contributed by atoms with Crippen LogP contribution in [0.25, 0.3) is 0 Å². The van der Waals surface area contributed by atoms with Gasteiger partial charge in [-0.1, -0.05) is 49.4 Å². The minimum Gasteiger partial charge on any atom is -0.360 e. The average molecular weight is 380 g/mol. The van der Waals surface area contributed by atoms with Gasteiger partial charge < -0.3 is 10.6 Å². The number of hydrogen-bond acceptors (Lipinski definition) is 2. The molecule has 142 valence electrons. The lowest BCUT2D eigenvalue weighted by molar-refractivity contribution is 0.115. The van der Waals surface area contributed by atoms with Gasteiger partial charge >= 0.3 is 0 Å². The molecule has 2 atom stereocenters. The van der Waals surface area contributed by atoms with Crippen LogP contribution in [-0.4, -0.2) is 28.1 Å². The molecule has 2 N–H and O–H groups in total. The summed E-state index contributed by atoms with van der Waals surface area (Å²) in [5.41, 5.74) is 3.84. The number of nitrogens with one attached hydrogen (secondary N) is 2. The topological polar surface area (TPSA) is 27.3 Å². The minimum atomic E-state index is 0.476. The second-order valence-corrected chi connectivity index (χ2v) is 8.27. The van der Waals surface area contributed by atoms with Crippen LogP contribution in [0.1, 0.15) is 43.7 Å². The van der Waals surface area contributed by atoms with E-state index in [4.69, 9.17) is 12.2 Å². The van der Waals surface area contributed by atoms with E-state index in [1.165, 1.54) is 36.8 Å². The van der Waals surface area contributed by atoms with Crippen molar-refractivity contribution >= 4 is 23.0 Å². The Kier molecular flexibility index (Phi) is 5.74. The van der Waals surface area contributed by atoms with Crippen LogP contribution in [0.4, 0.5) is 5.69 Å². The fourth-order valence-corrected chi connectivity index (χ4v) is 4.91. The normalized spacial score (nSPS) is 24.6. The summed E-state index contributed by atoms with van der Waals surface area (Å²) < 4.78 is 0. The van der Waals surface area contributed by atoms with Crippen molar-refractivity contribution in [3.8, 4) is 0 Å². The van der Waals surface area contributed by atoms with Crippen molar-refractivity contribution in [1.29, 1.82) is 0 Å². The van der Waals surface area contributed by atoms with Gasteiger partial charge in [-0.15, -0.1) is 0 Å². The Morgan fingerprint density at radius 1 is 0.963 bits per heavy atom. The Morgan fingerprint density at radius 2 is 1.63 bits per heavy atom. The van der Waals surface area contributed by atoms with Gasteiger partial charge in [-0.05, 0) is 67.6 Å². The van der Waals surface area contributed by atoms with E-state index in [-0.39, 0.29) is 0 Å². The van der Waals surface area contributed by atoms with Gasteiger partial charge in [0.1, 0.15) is 0 Å². The number of fused-ring (bicyclic) bond motifs is 2. The maximum Gasteiger partial charge on any atom is 0.170 e. The highest BCUT2D eigenvalue weighted by atomic mass is 32.1. The predicted molar refractivity (Wildman–Crippen MR) is 117 cm³/mol. The second-order valence-electron chi connectivity index (χ2n) is 7.86. The third-order valence-corrected chi connectivity index (χ3v) is 6.27. The highest BCUT2D eigenvalue weighted by molar-refractivity contribution is 7.80. The van der Waals surface area contributed by atoms with Crippen LogP contribution in [0.2, 0.25) is 0 Å². The van der Waals surface area contributed by atoms with Gasteiger partial charge in [-0.3, -0.25) is 4.90 Å². The molecule has 27 heavy (non-hydrogen) atoms. The van der Waals surface area contributed by atoms with Gasteiger partial charge in [-0.2, -0.15) is 0 Å². The fraction of sp³-hybridized carbons (Fsp3) is 0.435. The minimum absolute atomic E-state index is 0.476. The number of anilines is 1. The monoisotopic (exact) mass is 379 g/mol. The van der Waals surface area contributed by atoms with Gasteiger partial charge in [0.25, 0.3) is 0 Å². The molecule has 2 saturated heterocycles. The van der Waals surface area contributed by atoms with Crippen LogP contribution in [0.3, 0.4) is 0 Å². The van der Waals surface area contributed by atoms with E-state index >= 15 is 0 Å². The van der Waals surface area contributed by atoms with E-state index in [0.29, 0.717) is 18.1 Å². The van der Waals surface area contributed by atoms with Crippen molar-refractivity contribution in [3.63, 3.8) is 0 Å². The Balaban J connectivity index is 1.31. The molecular formula is C23H29N3S. The van der Waals surface area contributed by atoms with Gasteiger partial charge in [0.2, 0.25) is 0 Å². The van der Waals surface area contributed by atoms with Crippen molar-refractivity contribution in [2.24, 2.45) is 0 Å². The maximum atomic E-state index is 5.57. The molecule has 4 rings (SSSR count). The van der Waals surface area contributed by atoms with Crippen molar-refractivity contribution in [1.82, 2.24) is 10.2 Å². The summed E-state index contributed by atoms with van der Waals surface area (Å²) >= 11 is 5.57. The molecular weight excluding hydrogens is 350 g/mol. The Morgan fingerprint density at radius 3 is 2.26 bits per heavy atom. The Bertz CT molecular complexity index is 745. The molecule has 4 heteroatoms. The lowest BCUT2D eigenvalue weighted by Crippen LogP contribution is -2.50. The van der Waals surface area contributed by atoms with Crippen LogP contribution in [0.15, 0.2) is 54.6 Å². The van der Waals surface area contributed by atoms with Crippen LogP contribution >= 0.6 is 12.2 Å². The molecule has 2 aromatic carbocycles. The van der Waals surface area contributed by atoms with Crippen LogP contribution in [-0.2, 0) is 13.0 Å². The summed E-state index contributed by atoms with van der Waals surface area (Å²) in [5.74, 6) is 0. The summed E-state index contributed by atoms with van der Waals surface area (Å²) in [5, 5.41) is 7.67. The van der Waals surface area contributed by atoms with E-state index in [0.717, 1.165) is 23.8 Å². The first-order valence-electron chi connectivity index (χ1n) is 10.2. The molecule has 0 aliphatic carbocycles. The average Bonchev–Trinajstić information content (AvgIpc) is 2.91. The highest BCUT2D eigenvalue weighted by Gasteiger charge is 2.40. The zero-order valence-corrected chi connectivity index (χ0v) is 16.8. The maximum absolute atomic E-state index is 5.57. The number of piperidine rings is 1. The van der Waals surface area contributed by atoms with Crippen molar-refractivity contribution in [2.45, 2.75) is 63.7 Å². The second kappa shape index (κ2) is 8.41. The van der Waals surface area contributed by atoms with Crippen LogP contribution < -0.4 is 10.6 Å². The number of nitrogens with zero attached hydrogens (tertiary/aromatic N) is 1. The SMILES string of the molecule is CCc1ccc(NC(=S)NC2CC3CCC(C2)N3Cc2ccccc2)cc1. The molecule has 2 heterocycles. The van der Waals surface area contributed by atoms with Crippen molar-refractivity contribution < 1.29 is 0 Å². The van der Waals surface area contributed by atoms with E-state index in [1.54, 1.807) is 0 Å². The first-order valence-corrected chi connectivity index (χ1v) is 10.6. The van der Waals surface area contributed by atoms with Gasteiger partial charge in [0.05, 0.1) is 0 Å². The van der Waals surface area contributed by atoms with Crippen molar-refractivity contribution in [3.05, 3.63) is 65.7 Å². The van der Waals surface area contributed by atoms with E-state index in [9.17, 15) is 0 Å². The highest BCUT2D eigenvalue weighted by Crippen LogP contribution is 2.36. The van der Waals surface area contributed by atoms with Crippen molar-refractivity contribution in [2.75, 3.05) is 5.32 Å². The zero-order chi connectivity index (χ0) is 18.6. The molecule has 0 radical (unpaired) electrons. The molecule has 0 spiro atoms. The summed E-state index contributed by atoms with van der Waals surface area (Å²) in [4.78, 5) is 2.72. The fourth-order valence-electron chi connectivity index (χ4n) is 4.62. The molecule has 0 saturated carbocycles. The van der Waals surface area contributed by atoms with E-state index < -0.39 is 0 Å². The molecule has 2 aliphatic heterocycles. The summed E-state index contributed by atoms with van der Waals surface area (Å²) in [6.45, 7) is 3.25. The largest absolute Gasteiger partial charge is 0.360 e. The number of thiocarbonyl (C=S) groups is 1. The molecule has 2 aliphatic rings. The first kappa shape index (κ1) is 18.5. The zero-order valence-electron chi connectivity index (χ0n) is 16.0.